The Morgan fingerprint density at radius 2 is 1.96 bits per heavy atom. The van der Waals surface area contributed by atoms with Crippen molar-refractivity contribution in [3.05, 3.63) is 52.4 Å². The molecule has 0 aliphatic carbocycles. The number of nitrogens with one attached hydrogen (secondary N) is 2. The molecule has 0 unspecified atom stereocenters. The van der Waals surface area contributed by atoms with Crippen LogP contribution in [0.25, 0.3) is 17.1 Å². The summed E-state index contributed by atoms with van der Waals surface area (Å²) in [5.41, 5.74) is 6.86. The van der Waals surface area contributed by atoms with Gasteiger partial charge in [-0.3, -0.25) is 19.0 Å². The van der Waals surface area contributed by atoms with Crippen LogP contribution >= 0.6 is 0 Å². The quantitative estimate of drug-likeness (QED) is 0.714. The summed E-state index contributed by atoms with van der Waals surface area (Å²) < 4.78 is 14.1. The van der Waals surface area contributed by atoms with Crippen molar-refractivity contribution in [2.45, 2.75) is 25.9 Å². The van der Waals surface area contributed by atoms with Crippen molar-refractivity contribution in [1.82, 2.24) is 14.9 Å². The Balaban J connectivity index is 0.00000338. The van der Waals surface area contributed by atoms with E-state index in [-0.39, 0.29) is 45.0 Å². The maximum atomic E-state index is 13.1. The van der Waals surface area contributed by atoms with Crippen LogP contribution < -0.4 is 10.9 Å². The third-order valence-corrected chi connectivity index (χ3v) is 3.34. The van der Waals surface area contributed by atoms with Crippen molar-refractivity contribution in [3.63, 3.8) is 0 Å². The molecule has 0 aliphatic rings. The molecule has 2 rings (SSSR count). The predicted molar refractivity (Wildman–Crippen MR) is 87.7 cm³/mol. The summed E-state index contributed by atoms with van der Waals surface area (Å²) in [4.78, 5) is 39.0. The maximum absolute atomic E-state index is 13.1. The van der Waals surface area contributed by atoms with Crippen molar-refractivity contribution in [3.8, 4) is 11.4 Å². The van der Waals surface area contributed by atoms with Gasteiger partial charge in [-0.1, -0.05) is 5.69 Å². The van der Waals surface area contributed by atoms with Gasteiger partial charge in [-0.05, 0) is 31.2 Å². The number of hydrogen-bond donors (Lipinski definition) is 2. The number of nitrogens with zero attached hydrogens (tertiary/aromatic N) is 2. The number of benzene rings is 1. The second-order valence-corrected chi connectivity index (χ2v) is 5.46. The largest absolute Gasteiger partial charge is 0.693 e. The second kappa shape index (κ2) is 9.54. The molecule has 1 aromatic carbocycles. The topological polar surface area (TPSA) is 125 Å². The number of amides is 1. The SMILES string of the molecule is C[C@H](CC(=O)O)NC(=O)Cn1c(-c2ccc(F)cc2)ncc([NH-])c1=O.[Y]. The summed E-state index contributed by atoms with van der Waals surface area (Å²) in [6, 6.07) is 4.57. The first-order valence-corrected chi connectivity index (χ1v) is 7.36. The van der Waals surface area contributed by atoms with Crippen molar-refractivity contribution in [2.75, 3.05) is 0 Å². The first-order chi connectivity index (χ1) is 11.8. The van der Waals surface area contributed by atoms with E-state index in [2.05, 4.69) is 10.3 Å². The van der Waals surface area contributed by atoms with Gasteiger partial charge in [0.25, 0.3) is 0 Å². The fourth-order valence-corrected chi connectivity index (χ4v) is 2.25. The van der Waals surface area contributed by atoms with E-state index >= 15 is 0 Å². The molecule has 0 fully saturated rings. The first kappa shape index (κ1) is 21.9. The van der Waals surface area contributed by atoms with Gasteiger partial charge in [0, 0.05) is 50.5 Å². The standard InChI is InChI=1S/C16H16FN4O4.Y/c1-9(6-14(23)24)20-13(22)8-21-15(19-7-12(18)16(21)25)10-2-4-11(17)5-3-10;/h2-5,7,9,18H,6,8H2,1H3,(H,20,22)(H,23,24);/q-1;/t9-;/m1./s1. The number of rotatable bonds is 6. The van der Waals surface area contributed by atoms with Crippen LogP contribution in [0.3, 0.4) is 0 Å². The van der Waals surface area contributed by atoms with Crippen LogP contribution in [0.1, 0.15) is 13.3 Å². The summed E-state index contributed by atoms with van der Waals surface area (Å²) >= 11 is 0. The Bertz CT molecular complexity index is 854. The smallest absolute Gasteiger partial charge is 0.305 e. The third kappa shape index (κ3) is 5.70. The molecule has 0 saturated heterocycles. The number of hydrogen-bond acceptors (Lipinski definition) is 4. The maximum Gasteiger partial charge on any atom is 0.305 e. The molecule has 0 spiro atoms. The van der Waals surface area contributed by atoms with E-state index in [1.165, 1.54) is 31.2 Å². The van der Waals surface area contributed by atoms with Crippen molar-refractivity contribution in [1.29, 1.82) is 0 Å². The van der Waals surface area contributed by atoms with E-state index in [0.29, 0.717) is 5.56 Å². The van der Waals surface area contributed by atoms with Crippen molar-refractivity contribution < 1.29 is 51.8 Å². The number of aliphatic carboxylic acids is 1. The van der Waals surface area contributed by atoms with Crippen LogP contribution in [0, 0.1) is 5.82 Å². The van der Waals surface area contributed by atoms with Gasteiger partial charge < -0.3 is 16.2 Å². The van der Waals surface area contributed by atoms with E-state index in [9.17, 15) is 18.8 Å². The predicted octanol–water partition coefficient (Wildman–Crippen LogP) is 1.71. The zero-order chi connectivity index (χ0) is 18.6. The molecule has 135 valence electrons. The van der Waals surface area contributed by atoms with E-state index in [4.69, 9.17) is 10.8 Å². The zero-order valence-corrected chi connectivity index (χ0v) is 16.7. The van der Waals surface area contributed by atoms with Gasteiger partial charge in [-0.15, -0.1) is 0 Å². The molecule has 0 aliphatic heterocycles. The molecular weight excluding hydrogens is 420 g/mol. The number of carbonyl (C=O) groups is 2. The molecule has 1 radical (unpaired) electrons. The minimum Gasteiger partial charge on any atom is -0.693 e. The van der Waals surface area contributed by atoms with Gasteiger partial charge >= 0.3 is 5.97 Å². The van der Waals surface area contributed by atoms with Gasteiger partial charge in [-0.25, -0.2) is 9.37 Å². The average Bonchev–Trinajstić information content (AvgIpc) is 2.52. The molecule has 0 bridgehead atoms. The molecule has 1 atom stereocenters. The molecule has 3 N–H and O–H groups in total. The fourth-order valence-electron chi connectivity index (χ4n) is 2.25. The van der Waals surface area contributed by atoms with Crippen LogP contribution in [0.5, 0.6) is 0 Å². The summed E-state index contributed by atoms with van der Waals surface area (Å²) in [7, 11) is 0. The van der Waals surface area contributed by atoms with Crippen LogP contribution in [0.2, 0.25) is 0 Å². The number of aromatic nitrogens is 2. The third-order valence-electron chi connectivity index (χ3n) is 3.34. The van der Waals surface area contributed by atoms with Gasteiger partial charge in [0.15, 0.2) is 0 Å². The van der Waals surface area contributed by atoms with E-state index < -0.39 is 41.5 Å². The summed E-state index contributed by atoms with van der Waals surface area (Å²) in [6.45, 7) is 1.09. The fraction of sp³-hybridized carbons (Fsp3) is 0.250. The molecule has 0 saturated carbocycles. The van der Waals surface area contributed by atoms with Crippen LogP contribution in [-0.4, -0.2) is 32.6 Å². The van der Waals surface area contributed by atoms with Gasteiger partial charge in [-0.2, -0.15) is 0 Å². The molecule has 1 aromatic heterocycles. The molecule has 8 nitrogen and oxygen atoms in total. The monoisotopic (exact) mass is 436 g/mol. The number of carboxylic acid groups (broad SMARTS) is 1. The van der Waals surface area contributed by atoms with E-state index in [0.717, 1.165) is 10.8 Å². The molecule has 1 heterocycles. The molecule has 1 amide bonds. The number of halogens is 1. The van der Waals surface area contributed by atoms with Crippen molar-refractivity contribution >= 4 is 17.6 Å². The van der Waals surface area contributed by atoms with Gasteiger partial charge in [0.2, 0.25) is 11.5 Å². The van der Waals surface area contributed by atoms with E-state index in [1.807, 2.05) is 0 Å². The number of carbonyl (C=O) groups excluding carboxylic acids is 1. The second-order valence-electron chi connectivity index (χ2n) is 5.46. The number of carboxylic acids is 1. The molecular formula is C16H16FN4O4Y-. The zero-order valence-electron chi connectivity index (χ0n) is 13.9. The Labute approximate surface area is 173 Å². The van der Waals surface area contributed by atoms with Crippen LogP contribution in [-0.2, 0) is 48.8 Å². The first-order valence-electron chi connectivity index (χ1n) is 7.36. The Hall–Kier alpha value is -2.13. The summed E-state index contributed by atoms with van der Waals surface area (Å²) in [5.74, 6) is -2.00. The Kier molecular flexibility index (Phi) is 8.04. The van der Waals surface area contributed by atoms with Crippen LogP contribution in [0.4, 0.5) is 10.1 Å². The molecule has 10 heteroatoms. The molecule has 2 aromatic rings. The normalized spacial score (nSPS) is 11.3. The van der Waals surface area contributed by atoms with Crippen LogP contribution in [0.15, 0.2) is 35.3 Å². The minimum absolute atomic E-state index is 0. The summed E-state index contributed by atoms with van der Waals surface area (Å²) in [6.07, 6.45) is 0.796. The minimum atomic E-state index is -1.06. The van der Waals surface area contributed by atoms with Gasteiger partial charge in [0.05, 0.1) is 6.42 Å². The Morgan fingerprint density at radius 1 is 1.35 bits per heavy atom. The summed E-state index contributed by atoms with van der Waals surface area (Å²) in [5, 5.41) is 11.2. The van der Waals surface area contributed by atoms with Crippen molar-refractivity contribution in [2.24, 2.45) is 0 Å². The molecule has 26 heavy (non-hydrogen) atoms. The average molecular weight is 436 g/mol. The Morgan fingerprint density at radius 3 is 2.54 bits per heavy atom. The van der Waals surface area contributed by atoms with E-state index in [1.54, 1.807) is 0 Å². The van der Waals surface area contributed by atoms with Gasteiger partial charge in [0.1, 0.15) is 18.2 Å².